The molecule has 1 unspecified atom stereocenters. The molecule has 1 aromatic heterocycles. The summed E-state index contributed by atoms with van der Waals surface area (Å²) in [6.07, 6.45) is 6.47. The highest BCUT2D eigenvalue weighted by Crippen LogP contribution is 2.22. The molecular weight excluding hydrogens is 346 g/mol. The van der Waals surface area contributed by atoms with Gasteiger partial charge in [0.05, 0.1) is 4.88 Å². The summed E-state index contributed by atoms with van der Waals surface area (Å²) in [5, 5.41) is 4.96. The van der Waals surface area contributed by atoms with Crippen molar-refractivity contribution >= 4 is 23.2 Å². The van der Waals surface area contributed by atoms with Gasteiger partial charge in [-0.15, -0.1) is 11.3 Å². The predicted octanol–water partition coefficient (Wildman–Crippen LogP) is 2.98. The van der Waals surface area contributed by atoms with Crippen molar-refractivity contribution in [2.75, 3.05) is 32.7 Å². The normalized spacial score (nSPS) is 24.0. The van der Waals surface area contributed by atoms with E-state index in [1.807, 2.05) is 17.5 Å². The average Bonchev–Trinajstić information content (AvgIpc) is 3.32. The highest BCUT2D eigenvalue weighted by Gasteiger charge is 2.34. The van der Waals surface area contributed by atoms with Crippen LogP contribution < -0.4 is 5.32 Å². The minimum absolute atomic E-state index is 0.00290. The first-order chi connectivity index (χ1) is 12.6. The van der Waals surface area contributed by atoms with E-state index >= 15 is 0 Å². The van der Waals surface area contributed by atoms with E-state index in [-0.39, 0.29) is 17.9 Å². The van der Waals surface area contributed by atoms with E-state index in [2.05, 4.69) is 17.1 Å². The number of likely N-dealkylation sites (tertiary alicyclic amines) is 2. The Morgan fingerprint density at radius 3 is 2.85 bits per heavy atom. The van der Waals surface area contributed by atoms with E-state index < -0.39 is 0 Å². The Labute approximate surface area is 160 Å². The minimum Gasteiger partial charge on any atom is -0.354 e. The van der Waals surface area contributed by atoms with Crippen LogP contribution in [-0.2, 0) is 4.79 Å². The Bertz CT molecular complexity index is 590. The summed E-state index contributed by atoms with van der Waals surface area (Å²) in [5.41, 5.74) is 0. The van der Waals surface area contributed by atoms with Gasteiger partial charge in [-0.1, -0.05) is 13.0 Å². The first-order valence-electron chi connectivity index (χ1n) is 9.99. The van der Waals surface area contributed by atoms with Crippen LogP contribution in [0.15, 0.2) is 17.5 Å². The molecule has 0 aromatic carbocycles. The summed E-state index contributed by atoms with van der Waals surface area (Å²) in [4.78, 5) is 30.1. The fourth-order valence-corrected chi connectivity index (χ4v) is 4.78. The Hall–Kier alpha value is -1.40. The lowest BCUT2D eigenvalue weighted by atomic mass is 10.0. The number of carbonyl (C=O) groups is 2. The zero-order valence-electron chi connectivity index (χ0n) is 15.8. The Balaban J connectivity index is 1.37. The van der Waals surface area contributed by atoms with Crippen molar-refractivity contribution in [2.24, 2.45) is 5.92 Å². The molecule has 0 saturated carbocycles. The lowest BCUT2D eigenvalue weighted by Gasteiger charge is -2.30. The molecule has 2 amide bonds. The van der Waals surface area contributed by atoms with Crippen LogP contribution >= 0.6 is 11.3 Å². The first kappa shape index (κ1) is 19.4. The molecule has 3 rings (SSSR count). The lowest BCUT2D eigenvalue weighted by Crippen LogP contribution is -2.46. The van der Waals surface area contributed by atoms with Gasteiger partial charge in [-0.2, -0.15) is 0 Å². The van der Waals surface area contributed by atoms with Crippen LogP contribution in [0.25, 0.3) is 0 Å². The van der Waals surface area contributed by atoms with Gasteiger partial charge in [-0.3, -0.25) is 9.59 Å². The van der Waals surface area contributed by atoms with Crippen molar-refractivity contribution in [1.82, 2.24) is 15.1 Å². The molecule has 26 heavy (non-hydrogen) atoms. The van der Waals surface area contributed by atoms with Crippen LogP contribution in [0.4, 0.5) is 0 Å². The van der Waals surface area contributed by atoms with Crippen molar-refractivity contribution in [3.8, 4) is 0 Å². The molecule has 2 saturated heterocycles. The van der Waals surface area contributed by atoms with Crippen LogP contribution in [0, 0.1) is 5.92 Å². The highest BCUT2D eigenvalue weighted by atomic mass is 32.1. The number of rotatable bonds is 7. The summed E-state index contributed by atoms with van der Waals surface area (Å²) in [6, 6.07) is 3.42. The highest BCUT2D eigenvalue weighted by molar-refractivity contribution is 7.12. The van der Waals surface area contributed by atoms with Gasteiger partial charge in [-0.25, -0.2) is 0 Å². The molecule has 2 aliphatic rings. The number of nitrogens with zero attached hydrogens (tertiary/aromatic N) is 2. The molecule has 0 spiro atoms. The number of amides is 2. The van der Waals surface area contributed by atoms with Crippen molar-refractivity contribution < 1.29 is 9.59 Å². The number of nitrogens with one attached hydrogen (secondary N) is 1. The second-order valence-corrected chi connectivity index (χ2v) is 8.63. The number of thiophene rings is 1. The molecule has 2 atom stereocenters. The number of carbonyl (C=O) groups excluding carboxylic acids is 2. The third-order valence-corrected chi connectivity index (χ3v) is 6.35. The van der Waals surface area contributed by atoms with Crippen LogP contribution in [0.2, 0.25) is 0 Å². The summed E-state index contributed by atoms with van der Waals surface area (Å²) in [5.74, 6) is 0.827. The third-order valence-electron chi connectivity index (χ3n) is 5.49. The van der Waals surface area contributed by atoms with Gasteiger partial charge in [0.2, 0.25) is 5.91 Å². The minimum atomic E-state index is -0.299. The third kappa shape index (κ3) is 5.07. The van der Waals surface area contributed by atoms with Gasteiger partial charge in [0.1, 0.15) is 6.04 Å². The molecule has 0 radical (unpaired) electrons. The maximum absolute atomic E-state index is 12.6. The SMILES string of the molecule is CC1CCCN(CCCCNC(=O)[C@@H]2CCCN2C(=O)c2cccs2)C1. The van der Waals surface area contributed by atoms with Gasteiger partial charge in [-0.05, 0) is 69.0 Å². The number of unbranched alkanes of at least 4 members (excludes halogenated alkanes) is 1. The fourth-order valence-electron chi connectivity index (χ4n) is 4.10. The number of piperidine rings is 1. The fraction of sp³-hybridized carbons (Fsp3) is 0.700. The Morgan fingerprint density at radius 1 is 1.23 bits per heavy atom. The average molecular weight is 378 g/mol. The Morgan fingerprint density at radius 2 is 2.08 bits per heavy atom. The van der Waals surface area contributed by atoms with E-state index in [4.69, 9.17) is 0 Å². The zero-order chi connectivity index (χ0) is 18.4. The lowest BCUT2D eigenvalue weighted by molar-refractivity contribution is -0.124. The van der Waals surface area contributed by atoms with E-state index in [1.54, 1.807) is 4.90 Å². The molecule has 1 N–H and O–H groups in total. The quantitative estimate of drug-likeness (QED) is 0.743. The smallest absolute Gasteiger partial charge is 0.264 e. The summed E-state index contributed by atoms with van der Waals surface area (Å²) in [6.45, 7) is 7.29. The Kier molecular flexibility index (Phi) is 7.08. The monoisotopic (exact) mass is 377 g/mol. The van der Waals surface area contributed by atoms with Crippen molar-refractivity contribution in [2.45, 2.75) is 51.5 Å². The van der Waals surface area contributed by atoms with Crippen LogP contribution in [-0.4, -0.2) is 60.4 Å². The zero-order valence-corrected chi connectivity index (χ0v) is 16.6. The predicted molar refractivity (Wildman–Crippen MR) is 105 cm³/mol. The van der Waals surface area contributed by atoms with E-state index in [0.717, 1.165) is 43.0 Å². The molecule has 1 aromatic rings. The molecule has 144 valence electrons. The second-order valence-electron chi connectivity index (χ2n) is 7.68. The number of hydrogen-bond acceptors (Lipinski definition) is 4. The maximum atomic E-state index is 12.6. The molecule has 0 bridgehead atoms. The molecule has 2 aliphatic heterocycles. The van der Waals surface area contributed by atoms with E-state index in [0.29, 0.717) is 13.1 Å². The van der Waals surface area contributed by atoms with Gasteiger partial charge < -0.3 is 15.1 Å². The van der Waals surface area contributed by atoms with E-state index in [1.165, 1.54) is 37.3 Å². The van der Waals surface area contributed by atoms with Crippen LogP contribution in [0.5, 0.6) is 0 Å². The van der Waals surface area contributed by atoms with Gasteiger partial charge in [0, 0.05) is 19.6 Å². The summed E-state index contributed by atoms with van der Waals surface area (Å²) in [7, 11) is 0. The first-order valence-corrected chi connectivity index (χ1v) is 10.9. The standard InChI is InChI=1S/C20H31N3O2S/c1-16-7-4-12-22(15-16)11-3-2-10-21-19(24)17-8-5-13-23(17)20(25)18-9-6-14-26-18/h6,9,14,16-17H,2-5,7-8,10-13,15H2,1H3,(H,21,24)/t16?,17-/m0/s1. The van der Waals surface area contributed by atoms with Gasteiger partial charge >= 0.3 is 0 Å². The summed E-state index contributed by atoms with van der Waals surface area (Å²) >= 11 is 1.44. The van der Waals surface area contributed by atoms with Gasteiger partial charge in [0.25, 0.3) is 5.91 Å². The molecule has 3 heterocycles. The molecule has 0 aliphatic carbocycles. The molecule has 6 heteroatoms. The van der Waals surface area contributed by atoms with E-state index in [9.17, 15) is 9.59 Å². The van der Waals surface area contributed by atoms with Crippen LogP contribution in [0.1, 0.15) is 55.1 Å². The molecule has 5 nitrogen and oxygen atoms in total. The second kappa shape index (κ2) is 9.51. The molecule has 2 fully saturated rings. The largest absolute Gasteiger partial charge is 0.354 e. The van der Waals surface area contributed by atoms with Gasteiger partial charge in [0.15, 0.2) is 0 Å². The topological polar surface area (TPSA) is 52.7 Å². The molecular formula is C20H31N3O2S. The number of hydrogen-bond donors (Lipinski definition) is 1. The summed E-state index contributed by atoms with van der Waals surface area (Å²) < 4.78 is 0. The maximum Gasteiger partial charge on any atom is 0.264 e. The van der Waals surface area contributed by atoms with Crippen molar-refractivity contribution in [3.05, 3.63) is 22.4 Å². The van der Waals surface area contributed by atoms with Crippen LogP contribution in [0.3, 0.4) is 0 Å². The van der Waals surface area contributed by atoms with Crippen molar-refractivity contribution in [3.63, 3.8) is 0 Å². The van der Waals surface area contributed by atoms with Crippen molar-refractivity contribution in [1.29, 1.82) is 0 Å².